The number of methoxy groups -OCH3 is 1. The zero-order chi connectivity index (χ0) is 17.6. The second kappa shape index (κ2) is 8.08. The van der Waals surface area contributed by atoms with Crippen LogP contribution in [0.2, 0.25) is 0 Å². The summed E-state index contributed by atoms with van der Waals surface area (Å²) in [5, 5.41) is 3.59. The van der Waals surface area contributed by atoms with E-state index in [2.05, 4.69) is 22.2 Å². The van der Waals surface area contributed by atoms with Crippen LogP contribution >= 0.6 is 0 Å². The summed E-state index contributed by atoms with van der Waals surface area (Å²) in [5.41, 5.74) is 4.80. The summed E-state index contributed by atoms with van der Waals surface area (Å²) < 4.78 is 17.5. The minimum atomic E-state index is -0.346. The largest absolute Gasteiger partial charge is 0.466 e. The molecule has 0 saturated heterocycles. The number of fused-ring (bicyclic) bond motifs is 1. The van der Waals surface area contributed by atoms with Crippen LogP contribution in [0.4, 0.5) is 4.39 Å². The first-order chi connectivity index (χ1) is 12.2. The maximum atomic E-state index is 12.9. The van der Waals surface area contributed by atoms with Crippen molar-refractivity contribution in [1.82, 2.24) is 5.32 Å². The highest BCUT2D eigenvalue weighted by molar-refractivity contribution is 5.86. The molecule has 0 saturated carbocycles. The predicted octanol–water partition coefficient (Wildman–Crippen LogP) is 3.83. The molecule has 3 rings (SSSR count). The standard InChI is InChI=1S/C21H22FNO2/c1-25-21(24)11-5-16-4-9-19-17(14-16)6-10-20(19)23-13-12-15-2-7-18(22)8-3-15/h2-5,7-9,11,14,20,23H,6,10,12-13H2,1H3. The minimum absolute atomic E-state index is 0.196. The number of aryl methyl sites for hydroxylation is 1. The highest BCUT2D eigenvalue weighted by Gasteiger charge is 2.21. The molecule has 1 aliphatic carbocycles. The molecule has 0 aromatic heterocycles. The zero-order valence-corrected chi connectivity index (χ0v) is 14.3. The Balaban J connectivity index is 1.57. The third-order valence-electron chi connectivity index (χ3n) is 4.58. The van der Waals surface area contributed by atoms with Gasteiger partial charge in [0.05, 0.1) is 7.11 Å². The maximum absolute atomic E-state index is 12.9. The van der Waals surface area contributed by atoms with Crippen LogP contribution < -0.4 is 5.32 Å². The van der Waals surface area contributed by atoms with Crippen LogP contribution in [0, 0.1) is 5.82 Å². The van der Waals surface area contributed by atoms with Crippen LogP contribution in [0.1, 0.15) is 34.7 Å². The van der Waals surface area contributed by atoms with E-state index in [-0.39, 0.29) is 11.8 Å². The van der Waals surface area contributed by atoms with Crippen molar-refractivity contribution in [3.8, 4) is 0 Å². The van der Waals surface area contributed by atoms with Crippen LogP contribution in [0.5, 0.6) is 0 Å². The third-order valence-corrected chi connectivity index (χ3v) is 4.58. The zero-order valence-electron chi connectivity index (χ0n) is 14.3. The van der Waals surface area contributed by atoms with E-state index < -0.39 is 0 Å². The molecule has 2 aromatic rings. The van der Waals surface area contributed by atoms with Gasteiger partial charge in [0.15, 0.2) is 0 Å². The molecule has 130 valence electrons. The van der Waals surface area contributed by atoms with Crippen LogP contribution in [-0.4, -0.2) is 19.6 Å². The molecule has 25 heavy (non-hydrogen) atoms. The quantitative estimate of drug-likeness (QED) is 0.642. The number of halogens is 1. The lowest BCUT2D eigenvalue weighted by molar-refractivity contribution is -0.134. The summed E-state index contributed by atoms with van der Waals surface area (Å²) in [6.45, 7) is 0.861. The van der Waals surface area contributed by atoms with Gasteiger partial charge >= 0.3 is 5.97 Å². The average molecular weight is 339 g/mol. The molecule has 2 aromatic carbocycles. The number of rotatable bonds is 6. The van der Waals surface area contributed by atoms with Gasteiger partial charge < -0.3 is 10.1 Å². The molecule has 1 aliphatic rings. The van der Waals surface area contributed by atoms with E-state index in [0.29, 0.717) is 6.04 Å². The SMILES string of the molecule is COC(=O)C=Cc1ccc2c(c1)CCC2NCCc1ccc(F)cc1. The Labute approximate surface area is 147 Å². The lowest BCUT2D eigenvalue weighted by Gasteiger charge is -2.14. The summed E-state index contributed by atoms with van der Waals surface area (Å²) >= 11 is 0. The summed E-state index contributed by atoms with van der Waals surface area (Å²) in [4.78, 5) is 11.2. The number of esters is 1. The molecular weight excluding hydrogens is 317 g/mol. The molecule has 0 heterocycles. The molecule has 0 amide bonds. The lowest BCUT2D eigenvalue weighted by Crippen LogP contribution is -2.21. The van der Waals surface area contributed by atoms with Gasteiger partial charge in [0, 0.05) is 12.1 Å². The number of hydrogen-bond acceptors (Lipinski definition) is 3. The second-order valence-corrected chi connectivity index (χ2v) is 6.24. The van der Waals surface area contributed by atoms with Gasteiger partial charge in [0.2, 0.25) is 0 Å². The van der Waals surface area contributed by atoms with E-state index in [0.717, 1.165) is 36.9 Å². The smallest absolute Gasteiger partial charge is 0.330 e. The first-order valence-corrected chi connectivity index (χ1v) is 8.52. The van der Waals surface area contributed by atoms with E-state index in [1.165, 1.54) is 36.4 Å². The molecule has 1 unspecified atom stereocenters. The van der Waals surface area contributed by atoms with E-state index in [1.54, 1.807) is 6.08 Å². The van der Waals surface area contributed by atoms with Crippen molar-refractivity contribution >= 4 is 12.0 Å². The number of benzene rings is 2. The topological polar surface area (TPSA) is 38.3 Å². The van der Waals surface area contributed by atoms with Crippen molar-refractivity contribution in [1.29, 1.82) is 0 Å². The minimum Gasteiger partial charge on any atom is -0.466 e. The molecule has 1 N–H and O–H groups in total. The van der Waals surface area contributed by atoms with Gasteiger partial charge in [0.25, 0.3) is 0 Å². The van der Waals surface area contributed by atoms with Gasteiger partial charge in [-0.2, -0.15) is 0 Å². The predicted molar refractivity (Wildman–Crippen MR) is 96.7 cm³/mol. The number of carbonyl (C=O) groups is 1. The van der Waals surface area contributed by atoms with Gasteiger partial charge in [-0.1, -0.05) is 30.3 Å². The molecule has 3 nitrogen and oxygen atoms in total. The van der Waals surface area contributed by atoms with Gasteiger partial charge in [-0.25, -0.2) is 9.18 Å². The number of carbonyl (C=O) groups excluding carboxylic acids is 1. The van der Waals surface area contributed by atoms with Gasteiger partial charge in [-0.05, 0) is 66.3 Å². The number of ether oxygens (including phenoxy) is 1. The fourth-order valence-electron chi connectivity index (χ4n) is 3.23. The normalized spacial score (nSPS) is 16.2. The van der Waals surface area contributed by atoms with Crippen molar-refractivity contribution in [2.45, 2.75) is 25.3 Å². The Morgan fingerprint density at radius 1 is 1.28 bits per heavy atom. The van der Waals surface area contributed by atoms with Crippen molar-refractivity contribution in [2.75, 3.05) is 13.7 Å². The van der Waals surface area contributed by atoms with Crippen molar-refractivity contribution in [3.63, 3.8) is 0 Å². The number of nitrogens with one attached hydrogen (secondary N) is 1. The van der Waals surface area contributed by atoms with Gasteiger partial charge in [-0.15, -0.1) is 0 Å². The van der Waals surface area contributed by atoms with E-state index in [9.17, 15) is 9.18 Å². The van der Waals surface area contributed by atoms with Crippen molar-refractivity contribution in [3.05, 3.63) is 76.6 Å². The Kier molecular flexibility index (Phi) is 5.61. The maximum Gasteiger partial charge on any atom is 0.330 e. The molecule has 0 fully saturated rings. The Bertz CT molecular complexity index is 768. The van der Waals surface area contributed by atoms with Crippen LogP contribution in [0.3, 0.4) is 0 Å². The summed E-state index contributed by atoms with van der Waals surface area (Å²) in [6.07, 6.45) is 6.20. The van der Waals surface area contributed by atoms with E-state index in [4.69, 9.17) is 0 Å². The average Bonchev–Trinajstić information content (AvgIpc) is 3.03. The first-order valence-electron chi connectivity index (χ1n) is 8.52. The molecule has 0 bridgehead atoms. The Hall–Kier alpha value is -2.46. The first kappa shape index (κ1) is 17.4. The molecule has 4 heteroatoms. The highest BCUT2D eigenvalue weighted by Crippen LogP contribution is 2.32. The van der Waals surface area contributed by atoms with Crippen LogP contribution in [-0.2, 0) is 22.4 Å². The molecular formula is C21H22FNO2. The highest BCUT2D eigenvalue weighted by atomic mass is 19.1. The van der Waals surface area contributed by atoms with Gasteiger partial charge in [0.1, 0.15) is 5.82 Å². The molecule has 0 radical (unpaired) electrons. The van der Waals surface area contributed by atoms with Crippen LogP contribution in [0.25, 0.3) is 6.08 Å². The van der Waals surface area contributed by atoms with E-state index in [1.807, 2.05) is 18.2 Å². The fraction of sp³-hybridized carbons (Fsp3) is 0.286. The molecule has 0 spiro atoms. The molecule has 1 atom stereocenters. The number of hydrogen-bond donors (Lipinski definition) is 1. The summed E-state index contributed by atoms with van der Waals surface area (Å²) in [7, 11) is 1.37. The Morgan fingerprint density at radius 2 is 2.08 bits per heavy atom. The summed E-state index contributed by atoms with van der Waals surface area (Å²) in [5.74, 6) is -0.542. The fourth-order valence-corrected chi connectivity index (χ4v) is 3.23. The van der Waals surface area contributed by atoms with Crippen molar-refractivity contribution in [2.24, 2.45) is 0 Å². The Morgan fingerprint density at radius 3 is 2.84 bits per heavy atom. The second-order valence-electron chi connectivity index (χ2n) is 6.24. The van der Waals surface area contributed by atoms with Crippen LogP contribution in [0.15, 0.2) is 48.5 Å². The van der Waals surface area contributed by atoms with Crippen molar-refractivity contribution < 1.29 is 13.9 Å². The van der Waals surface area contributed by atoms with Gasteiger partial charge in [-0.3, -0.25) is 0 Å². The lowest BCUT2D eigenvalue weighted by atomic mass is 10.0. The third kappa shape index (κ3) is 4.54. The monoisotopic (exact) mass is 339 g/mol. The van der Waals surface area contributed by atoms with E-state index >= 15 is 0 Å². The molecule has 0 aliphatic heterocycles. The summed E-state index contributed by atoms with van der Waals surface area (Å²) in [6, 6.07) is 13.3.